The summed E-state index contributed by atoms with van der Waals surface area (Å²) < 4.78 is 1.89. The number of aryl methyl sites for hydroxylation is 1. The maximum atomic E-state index is 4.24. The van der Waals surface area contributed by atoms with E-state index in [1.807, 2.05) is 17.9 Å². The van der Waals surface area contributed by atoms with Crippen LogP contribution < -0.4 is 5.32 Å². The number of rotatable bonds is 7. The zero-order valence-electron chi connectivity index (χ0n) is 12.4. The minimum atomic E-state index is 0.703. The molecule has 0 amide bonds. The van der Waals surface area contributed by atoms with E-state index in [0.717, 1.165) is 13.0 Å². The van der Waals surface area contributed by atoms with E-state index in [-0.39, 0.29) is 0 Å². The molecule has 0 spiro atoms. The fraction of sp³-hybridized carbons (Fsp3) is 0.800. The lowest BCUT2D eigenvalue weighted by atomic mass is 10.0. The van der Waals surface area contributed by atoms with Crippen LogP contribution in [0.1, 0.15) is 38.2 Å². The van der Waals surface area contributed by atoms with Crippen molar-refractivity contribution in [1.29, 1.82) is 0 Å². The average molecular weight is 264 g/mol. The third-order valence-electron chi connectivity index (χ3n) is 3.91. The van der Waals surface area contributed by atoms with Gasteiger partial charge in [-0.3, -0.25) is 4.68 Å². The van der Waals surface area contributed by atoms with E-state index in [1.54, 1.807) is 0 Å². The first-order valence-corrected chi connectivity index (χ1v) is 7.71. The summed E-state index contributed by atoms with van der Waals surface area (Å²) in [6, 6.07) is 0.703. The summed E-state index contributed by atoms with van der Waals surface area (Å²) >= 11 is 0. The van der Waals surface area contributed by atoms with Crippen LogP contribution in [0, 0.1) is 0 Å². The van der Waals surface area contributed by atoms with Crippen molar-refractivity contribution in [2.45, 2.75) is 45.1 Å². The summed E-state index contributed by atoms with van der Waals surface area (Å²) in [6.07, 6.45) is 10.5. The van der Waals surface area contributed by atoms with Crippen LogP contribution in [0.3, 0.4) is 0 Å². The number of hydrogen-bond acceptors (Lipinski definition) is 3. The van der Waals surface area contributed by atoms with Crippen LogP contribution in [-0.4, -0.2) is 46.9 Å². The largest absolute Gasteiger partial charge is 0.313 e. The van der Waals surface area contributed by atoms with Crippen molar-refractivity contribution in [2.75, 3.05) is 26.2 Å². The van der Waals surface area contributed by atoms with E-state index >= 15 is 0 Å². The minimum absolute atomic E-state index is 0.703. The highest BCUT2D eigenvalue weighted by atomic mass is 15.2. The van der Waals surface area contributed by atoms with E-state index in [4.69, 9.17) is 0 Å². The SMILES string of the molecule is CCCN(CCc1cnn(C)c1)CC1CCCCN1. The second kappa shape index (κ2) is 7.65. The number of piperidine rings is 1. The van der Waals surface area contributed by atoms with Crippen molar-refractivity contribution in [3.8, 4) is 0 Å². The summed E-state index contributed by atoms with van der Waals surface area (Å²) in [4.78, 5) is 2.61. The fourth-order valence-electron chi connectivity index (χ4n) is 2.89. The Labute approximate surface area is 117 Å². The van der Waals surface area contributed by atoms with Gasteiger partial charge in [-0.05, 0) is 44.3 Å². The van der Waals surface area contributed by atoms with Gasteiger partial charge in [0.2, 0.25) is 0 Å². The molecule has 4 heteroatoms. The molecule has 2 rings (SSSR count). The molecule has 19 heavy (non-hydrogen) atoms. The van der Waals surface area contributed by atoms with Gasteiger partial charge in [-0.25, -0.2) is 0 Å². The number of hydrogen-bond donors (Lipinski definition) is 1. The lowest BCUT2D eigenvalue weighted by Crippen LogP contribution is -2.44. The van der Waals surface area contributed by atoms with Crippen molar-refractivity contribution < 1.29 is 0 Å². The Morgan fingerprint density at radius 2 is 2.32 bits per heavy atom. The third kappa shape index (κ3) is 4.96. The van der Waals surface area contributed by atoms with Gasteiger partial charge in [-0.2, -0.15) is 5.10 Å². The van der Waals surface area contributed by atoms with Gasteiger partial charge in [-0.1, -0.05) is 13.3 Å². The van der Waals surface area contributed by atoms with Gasteiger partial charge in [0.05, 0.1) is 6.20 Å². The molecule has 1 aliphatic rings. The van der Waals surface area contributed by atoms with Gasteiger partial charge >= 0.3 is 0 Å². The number of nitrogens with one attached hydrogen (secondary N) is 1. The summed E-state index contributed by atoms with van der Waals surface area (Å²) in [6.45, 7) is 7.03. The van der Waals surface area contributed by atoms with E-state index in [9.17, 15) is 0 Å². The quantitative estimate of drug-likeness (QED) is 0.815. The molecular formula is C15H28N4. The van der Waals surface area contributed by atoms with E-state index < -0.39 is 0 Å². The first kappa shape index (κ1) is 14.5. The summed E-state index contributed by atoms with van der Waals surface area (Å²) in [5, 5.41) is 7.89. The van der Waals surface area contributed by atoms with Crippen molar-refractivity contribution in [2.24, 2.45) is 7.05 Å². The summed E-state index contributed by atoms with van der Waals surface area (Å²) in [7, 11) is 1.99. The topological polar surface area (TPSA) is 33.1 Å². The first-order chi connectivity index (χ1) is 9.28. The Kier molecular flexibility index (Phi) is 5.86. The Morgan fingerprint density at radius 3 is 2.95 bits per heavy atom. The highest BCUT2D eigenvalue weighted by molar-refractivity contribution is 5.04. The monoisotopic (exact) mass is 264 g/mol. The molecule has 1 saturated heterocycles. The molecule has 1 aromatic heterocycles. The van der Waals surface area contributed by atoms with Crippen LogP contribution in [0.15, 0.2) is 12.4 Å². The molecule has 0 saturated carbocycles. The molecule has 0 aromatic carbocycles. The van der Waals surface area contributed by atoms with Crippen LogP contribution in [0.4, 0.5) is 0 Å². The molecule has 1 aliphatic heterocycles. The van der Waals surface area contributed by atoms with Crippen molar-refractivity contribution in [1.82, 2.24) is 20.0 Å². The molecule has 1 N–H and O–H groups in total. The lowest BCUT2D eigenvalue weighted by molar-refractivity contribution is 0.226. The Balaban J connectivity index is 1.77. The summed E-state index contributed by atoms with van der Waals surface area (Å²) in [5.41, 5.74) is 1.35. The highest BCUT2D eigenvalue weighted by Gasteiger charge is 2.16. The molecule has 0 radical (unpaired) electrons. The van der Waals surface area contributed by atoms with Crippen LogP contribution in [0.2, 0.25) is 0 Å². The molecule has 0 aliphatic carbocycles. The predicted octanol–water partition coefficient (Wildman–Crippen LogP) is 1.82. The zero-order chi connectivity index (χ0) is 13.5. The van der Waals surface area contributed by atoms with Crippen LogP contribution in [-0.2, 0) is 13.5 Å². The molecule has 108 valence electrons. The van der Waals surface area contributed by atoms with Gasteiger partial charge in [0.1, 0.15) is 0 Å². The van der Waals surface area contributed by atoms with Gasteiger partial charge in [-0.15, -0.1) is 0 Å². The van der Waals surface area contributed by atoms with E-state index in [1.165, 1.54) is 50.9 Å². The second-order valence-electron chi connectivity index (χ2n) is 5.72. The Morgan fingerprint density at radius 1 is 1.42 bits per heavy atom. The van der Waals surface area contributed by atoms with E-state index in [2.05, 4.69) is 28.4 Å². The molecule has 4 nitrogen and oxygen atoms in total. The molecule has 2 heterocycles. The van der Waals surface area contributed by atoms with Gasteiger partial charge in [0, 0.05) is 32.4 Å². The lowest BCUT2D eigenvalue weighted by Gasteiger charge is -2.30. The highest BCUT2D eigenvalue weighted by Crippen LogP contribution is 2.09. The van der Waals surface area contributed by atoms with E-state index in [0.29, 0.717) is 6.04 Å². The number of aromatic nitrogens is 2. The third-order valence-corrected chi connectivity index (χ3v) is 3.91. The standard InChI is InChI=1S/C15H28N4/c1-3-9-19(13-15-6-4-5-8-16-15)10-7-14-11-17-18(2)12-14/h11-12,15-16H,3-10,13H2,1-2H3. The van der Waals surface area contributed by atoms with Crippen LogP contribution in [0.5, 0.6) is 0 Å². The van der Waals surface area contributed by atoms with Crippen LogP contribution >= 0.6 is 0 Å². The maximum absolute atomic E-state index is 4.24. The van der Waals surface area contributed by atoms with Gasteiger partial charge in [0.15, 0.2) is 0 Å². The van der Waals surface area contributed by atoms with Gasteiger partial charge < -0.3 is 10.2 Å². The van der Waals surface area contributed by atoms with Crippen molar-refractivity contribution in [3.05, 3.63) is 18.0 Å². The fourth-order valence-corrected chi connectivity index (χ4v) is 2.89. The normalized spacial score (nSPS) is 20.1. The number of nitrogens with zero attached hydrogens (tertiary/aromatic N) is 3. The molecule has 1 aromatic rings. The second-order valence-corrected chi connectivity index (χ2v) is 5.72. The van der Waals surface area contributed by atoms with Crippen molar-refractivity contribution in [3.63, 3.8) is 0 Å². The maximum Gasteiger partial charge on any atom is 0.0522 e. The molecule has 1 unspecified atom stereocenters. The zero-order valence-corrected chi connectivity index (χ0v) is 12.4. The minimum Gasteiger partial charge on any atom is -0.313 e. The molecule has 1 fully saturated rings. The predicted molar refractivity (Wildman–Crippen MR) is 79.3 cm³/mol. The smallest absolute Gasteiger partial charge is 0.0522 e. The Bertz CT molecular complexity index is 355. The molecular weight excluding hydrogens is 236 g/mol. The van der Waals surface area contributed by atoms with Gasteiger partial charge in [0.25, 0.3) is 0 Å². The van der Waals surface area contributed by atoms with Crippen molar-refractivity contribution >= 4 is 0 Å². The first-order valence-electron chi connectivity index (χ1n) is 7.71. The Hall–Kier alpha value is -0.870. The van der Waals surface area contributed by atoms with Crippen LogP contribution in [0.25, 0.3) is 0 Å². The molecule has 1 atom stereocenters. The summed E-state index contributed by atoms with van der Waals surface area (Å²) in [5.74, 6) is 0. The molecule has 0 bridgehead atoms. The average Bonchev–Trinajstić information content (AvgIpc) is 2.83.